The third-order valence-corrected chi connectivity index (χ3v) is 2.54. The smallest absolute Gasteiger partial charge is 0.313 e. The Morgan fingerprint density at radius 3 is 2.29 bits per heavy atom. The zero-order valence-corrected chi connectivity index (χ0v) is 10.9. The zero-order valence-electron chi connectivity index (χ0n) is 9.38. The summed E-state index contributed by atoms with van der Waals surface area (Å²) in [6.07, 6.45) is 0. The number of carbonyl (C=O) groups excluding carboxylic acids is 2. The number of rotatable bonds is 2. The molecule has 0 aliphatic carbocycles. The molecule has 0 bridgehead atoms. The number of halogens is 2. The molecule has 0 fully saturated rings. The fourth-order valence-electron chi connectivity index (χ4n) is 1.09. The molecule has 0 aliphatic rings. The van der Waals surface area contributed by atoms with Crippen molar-refractivity contribution in [3.63, 3.8) is 0 Å². The van der Waals surface area contributed by atoms with Gasteiger partial charge in [0.15, 0.2) is 0 Å². The normalized spacial score (nSPS) is 10.2. The van der Waals surface area contributed by atoms with E-state index in [4.69, 9.17) is 23.2 Å². The van der Waals surface area contributed by atoms with Crippen molar-refractivity contribution in [2.24, 2.45) is 0 Å². The Hall–Kier alpha value is -1.26. The van der Waals surface area contributed by atoms with Gasteiger partial charge in [-0.05, 0) is 32.0 Å². The van der Waals surface area contributed by atoms with Gasteiger partial charge in [0.1, 0.15) is 0 Å². The minimum Gasteiger partial charge on any atom is -0.346 e. The lowest BCUT2D eigenvalue weighted by Crippen LogP contribution is -2.39. The van der Waals surface area contributed by atoms with Crippen LogP contribution in [-0.4, -0.2) is 17.9 Å². The van der Waals surface area contributed by atoms with E-state index in [1.54, 1.807) is 26.0 Å². The van der Waals surface area contributed by atoms with Crippen molar-refractivity contribution in [3.8, 4) is 0 Å². The van der Waals surface area contributed by atoms with Crippen LogP contribution in [-0.2, 0) is 9.59 Å². The molecule has 0 heterocycles. The van der Waals surface area contributed by atoms with E-state index < -0.39 is 11.8 Å². The van der Waals surface area contributed by atoms with Gasteiger partial charge in [0.05, 0.1) is 10.0 Å². The van der Waals surface area contributed by atoms with Gasteiger partial charge in [-0.2, -0.15) is 0 Å². The van der Waals surface area contributed by atoms with E-state index in [0.717, 1.165) is 0 Å². The van der Waals surface area contributed by atoms with Gasteiger partial charge in [0.25, 0.3) is 0 Å². The standard InChI is InChI=1S/C11H12Cl2N2O2/c1-6(2)14-10(16)11(17)15-7-3-4-8(12)9(13)5-7/h3-6H,1-2H3,(H,14,16)(H,15,17). The molecular formula is C11H12Cl2N2O2. The molecule has 6 heteroatoms. The summed E-state index contributed by atoms with van der Waals surface area (Å²) in [5.41, 5.74) is 0.420. The number of hydrogen-bond acceptors (Lipinski definition) is 2. The van der Waals surface area contributed by atoms with E-state index in [9.17, 15) is 9.59 Å². The summed E-state index contributed by atoms with van der Waals surface area (Å²) in [6, 6.07) is 4.49. The van der Waals surface area contributed by atoms with Gasteiger partial charge in [-0.15, -0.1) is 0 Å². The van der Waals surface area contributed by atoms with Crippen molar-refractivity contribution in [1.82, 2.24) is 5.32 Å². The molecule has 1 aromatic rings. The molecule has 0 saturated heterocycles. The van der Waals surface area contributed by atoms with E-state index in [2.05, 4.69) is 10.6 Å². The van der Waals surface area contributed by atoms with Crippen molar-refractivity contribution in [3.05, 3.63) is 28.2 Å². The predicted octanol–water partition coefficient (Wildman–Crippen LogP) is 2.46. The highest BCUT2D eigenvalue weighted by Crippen LogP contribution is 2.24. The third kappa shape index (κ3) is 4.24. The minimum absolute atomic E-state index is 0.0953. The molecule has 0 aliphatic heterocycles. The van der Waals surface area contributed by atoms with Gasteiger partial charge in [-0.3, -0.25) is 9.59 Å². The molecule has 2 amide bonds. The first-order chi connectivity index (χ1) is 7.90. The summed E-state index contributed by atoms with van der Waals surface area (Å²) in [5, 5.41) is 5.60. The number of benzene rings is 1. The zero-order chi connectivity index (χ0) is 13.0. The average molecular weight is 275 g/mol. The topological polar surface area (TPSA) is 58.2 Å². The lowest BCUT2D eigenvalue weighted by atomic mass is 10.3. The van der Waals surface area contributed by atoms with Crippen LogP contribution >= 0.6 is 23.2 Å². The Morgan fingerprint density at radius 1 is 1.12 bits per heavy atom. The lowest BCUT2D eigenvalue weighted by molar-refractivity contribution is -0.136. The maximum Gasteiger partial charge on any atom is 0.313 e. The van der Waals surface area contributed by atoms with Gasteiger partial charge < -0.3 is 10.6 Å². The maximum absolute atomic E-state index is 11.4. The molecule has 0 spiro atoms. The second-order valence-electron chi connectivity index (χ2n) is 3.71. The van der Waals surface area contributed by atoms with Crippen LogP contribution in [0.2, 0.25) is 10.0 Å². The van der Waals surface area contributed by atoms with Crippen molar-refractivity contribution in [2.75, 3.05) is 5.32 Å². The average Bonchev–Trinajstić information content (AvgIpc) is 2.22. The van der Waals surface area contributed by atoms with E-state index in [0.29, 0.717) is 15.7 Å². The summed E-state index contributed by atoms with van der Waals surface area (Å²) in [6.45, 7) is 3.54. The number of hydrogen-bond donors (Lipinski definition) is 2. The van der Waals surface area contributed by atoms with Gasteiger partial charge in [0.2, 0.25) is 0 Å². The predicted molar refractivity (Wildman–Crippen MR) is 68.4 cm³/mol. The quantitative estimate of drug-likeness (QED) is 0.814. The Balaban J connectivity index is 2.68. The molecule has 4 nitrogen and oxygen atoms in total. The van der Waals surface area contributed by atoms with Crippen molar-refractivity contribution < 1.29 is 9.59 Å². The van der Waals surface area contributed by atoms with Crippen LogP contribution in [0.25, 0.3) is 0 Å². The Morgan fingerprint density at radius 2 is 1.76 bits per heavy atom. The minimum atomic E-state index is -0.739. The molecule has 92 valence electrons. The van der Waals surface area contributed by atoms with Crippen LogP contribution in [0.4, 0.5) is 5.69 Å². The van der Waals surface area contributed by atoms with Gasteiger partial charge in [0, 0.05) is 11.7 Å². The molecule has 17 heavy (non-hydrogen) atoms. The van der Waals surface area contributed by atoms with Gasteiger partial charge in [-0.1, -0.05) is 23.2 Å². The van der Waals surface area contributed by atoms with Gasteiger partial charge >= 0.3 is 11.8 Å². The molecule has 0 aromatic heterocycles. The Bertz CT molecular complexity index is 447. The lowest BCUT2D eigenvalue weighted by Gasteiger charge is -2.09. The molecule has 0 saturated carbocycles. The van der Waals surface area contributed by atoms with Crippen molar-refractivity contribution >= 4 is 40.7 Å². The van der Waals surface area contributed by atoms with Crippen LogP contribution in [0, 0.1) is 0 Å². The summed E-state index contributed by atoms with van der Waals surface area (Å²) in [4.78, 5) is 22.8. The molecular weight excluding hydrogens is 263 g/mol. The van der Waals surface area contributed by atoms with Crippen LogP contribution < -0.4 is 10.6 Å². The van der Waals surface area contributed by atoms with Crippen molar-refractivity contribution in [2.45, 2.75) is 19.9 Å². The summed E-state index contributed by atoms with van der Waals surface area (Å²) < 4.78 is 0. The third-order valence-electron chi connectivity index (χ3n) is 1.80. The SMILES string of the molecule is CC(C)NC(=O)C(=O)Nc1ccc(Cl)c(Cl)c1. The molecule has 0 radical (unpaired) electrons. The number of amides is 2. The van der Waals surface area contributed by atoms with Crippen LogP contribution in [0.5, 0.6) is 0 Å². The number of carbonyl (C=O) groups is 2. The van der Waals surface area contributed by atoms with E-state index in [-0.39, 0.29) is 6.04 Å². The summed E-state index contributed by atoms with van der Waals surface area (Å²) in [7, 11) is 0. The fraction of sp³-hybridized carbons (Fsp3) is 0.273. The molecule has 1 rings (SSSR count). The van der Waals surface area contributed by atoms with Crippen molar-refractivity contribution in [1.29, 1.82) is 0 Å². The van der Waals surface area contributed by atoms with Crippen LogP contribution in [0.1, 0.15) is 13.8 Å². The van der Waals surface area contributed by atoms with E-state index >= 15 is 0 Å². The largest absolute Gasteiger partial charge is 0.346 e. The first kappa shape index (κ1) is 13.8. The molecule has 1 aromatic carbocycles. The molecule has 0 atom stereocenters. The highest BCUT2D eigenvalue weighted by Gasteiger charge is 2.14. The van der Waals surface area contributed by atoms with E-state index in [1.807, 2.05) is 0 Å². The summed E-state index contributed by atoms with van der Waals surface area (Å²) >= 11 is 11.5. The second kappa shape index (κ2) is 5.89. The first-order valence-electron chi connectivity index (χ1n) is 4.97. The van der Waals surface area contributed by atoms with Crippen LogP contribution in [0.15, 0.2) is 18.2 Å². The fourth-order valence-corrected chi connectivity index (χ4v) is 1.39. The maximum atomic E-state index is 11.4. The Kier molecular flexibility index (Phi) is 4.78. The number of nitrogens with one attached hydrogen (secondary N) is 2. The second-order valence-corrected chi connectivity index (χ2v) is 4.53. The number of anilines is 1. The van der Waals surface area contributed by atoms with Crippen LogP contribution in [0.3, 0.4) is 0 Å². The van der Waals surface area contributed by atoms with Gasteiger partial charge in [-0.25, -0.2) is 0 Å². The monoisotopic (exact) mass is 274 g/mol. The highest BCUT2D eigenvalue weighted by atomic mass is 35.5. The molecule has 2 N–H and O–H groups in total. The highest BCUT2D eigenvalue weighted by molar-refractivity contribution is 6.42. The summed E-state index contributed by atoms with van der Waals surface area (Å²) in [5.74, 6) is -1.43. The van der Waals surface area contributed by atoms with E-state index in [1.165, 1.54) is 6.07 Å². The molecule has 0 unspecified atom stereocenters. The first-order valence-corrected chi connectivity index (χ1v) is 5.72. The Labute approximate surface area is 109 Å².